The Labute approximate surface area is 93.6 Å². The number of hydrogen-bond donors (Lipinski definition) is 1. The molecule has 0 aromatic heterocycles. The Morgan fingerprint density at radius 2 is 2.07 bits per heavy atom. The topological polar surface area (TPSA) is 32.5 Å². The second-order valence-electron chi connectivity index (χ2n) is 5.11. The number of hydrogen-bond acceptors (Lipinski definition) is 3. The van der Waals surface area contributed by atoms with Crippen LogP contribution in [0.3, 0.4) is 0 Å². The van der Waals surface area contributed by atoms with E-state index in [-0.39, 0.29) is 0 Å². The van der Waals surface area contributed by atoms with Crippen LogP contribution in [0.5, 0.6) is 0 Å². The van der Waals surface area contributed by atoms with Gasteiger partial charge in [0.25, 0.3) is 0 Å². The lowest BCUT2D eigenvalue weighted by molar-refractivity contribution is 0.00244. The highest BCUT2D eigenvalue weighted by molar-refractivity contribution is 4.92. The fourth-order valence-corrected chi connectivity index (χ4v) is 3.10. The molecule has 1 aliphatic carbocycles. The van der Waals surface area contributed by atoms with E-state index in [0.717, 1.165) is 24.5 Å². The molecule has 3 atom stereocenters. The predicted molar refractivity (Wildman–Crippen MR) is 63.8 cm³/mol. The largest absolute Gasteiger partial charge is 0.330 e. The molecular formula is C12H25N3. The Morgan fingerprint density at radius 1 is 1.27 bits per heavy atom. The zero-order valence-electron chi connectivity index (χ0n) is 10.2. The Balaban J connectivity index is 1.85. The first kappa shape index (κ1) is 11.4. The maximum Gasteiger partial charge on any atom is 0.0195 e. The SMILES string of the molecule is CCN1CCN(C2CCC2CN)CC1C. The van der Waals surface area contributed by atoms with Gasteiger partial charge in [-0.15, -0.1) is 0 Å². The number of likely N-dealkylation sites (N-methyl/N-ethyl adjacent to an activating group) is 1. The summed E-state index contributed by atoms with van der Waals surface area (Å²) in [4.78, 5) is 5.25. The standard InChI is InChI=1S/C12H25N3/c1-3-14-6-7-15(9-10(14)2)12-5-4-11(12)8-13/h10-12H,3-9,13H2,1-2H3. The molecule has 88 valence electrons. The number of rotatable bonds is 3. The summed E-state index contributed by atoms with van der Waals surface area (Å²) in [5, 5.41) is 0. The van der Waals surface area contributed by atoms with Crippen LogP contribution < -0.4 is 5.73 Å². The Morgan fingerprint density at radius 3 is 2.53 bits per heavy atom. The van der Waals surface area contributed by atoms with Crippen molar-refractivity contribution in [1.29, 1.82) is 0 Å². The summed E-state index contributed by atoms with van der Waals surface area (Å²) in [6, 6.07) is 1.53. The van der Waals surface area contributed by atoms with Gasteiger partial charge in [0.15, 0.2) is 0 Å². The van der Waals surface area contributed by atoms with Gasteiger partial charge in [-0.1, -0.05) is 6.92 Å². The van der Waals surface area contributed by atoms with Gasteiger partial charge in [0.05, 0.1) is 0 Å². The molecule has 3 unspecified atom stereocenters. The highest BCUT2D eigenvalue weighted by Gasteiger charge is 2.36. The van der Waals surface area contributed by atoms with Crippen molar-refractivity contribution in [2.75, 3.05) is 32.7 Å². The molecular weight excluding hydrogens is 186 g/mol. The van der Waals surface area contributed by atoms with Crippen LogP contribution in [0.4, 0.5) is 0 Å². The molecule has 0 amide bonds. The van der Waals surface area contributed by atoms with Gasteiger partial charge in [-0.2, -0.15) is 0 Å². The summed E-state index contributed by atoms with van der Waals surface area (Å²) in [6.45, 7) is 10.4. The summed E-state index contributed by atoms with van der Waals surface area (Å²) >= 11 is 0. The van der Waals surface area contributed by atoms with E-state index in [1.807, 2.05) is 0 Å². The summed E-state index contributed by atoms with van der Waals surface area (Å²) < 4.78 is 0. The van der Waals surface area contributed by atoms with Crippen molar-refractivity contribution >= 4 is 0 Å². The average Bonchev–Trinajstić information content (AvgIpc) is 2.17. The van der Waals surface area contributed by atoms with Gasteiger partial charge in [0, 0.05) is 31.7 Å². The van der Waals surface area contributed by atoms with E-state index < -0.39 is 0 Å². The van der Waals surface area contributed by atoms with Gasteiger partial charge in [-0.3, -0.25) is 9.80 Å². The van der Waals surface area contributed by atoms with Gasteiger partial charge in [-0.25, -0.2) is 0 Å². The van der Waals surface area contributed by atoms with E-state index in [9.17, 15) is 0 Å². The van der Waals surface area contributed by atoms with E-state index in [2.05, 4.69) is 23.6 Å². The zero-order chi connectivity index (χ0) is 10.8. The first-order valence-electron chi connectivity index (χ1n) is 6.44. The van der Waals surface area contributed by atoms with Crippen molar-refractivity contribution in [2.45, 2.75) is 38.8 Å². The fourth-order valence-electron chi connectivity index (χ4n) is 3.10. The molecule has 2 fully saturated rings. The number of piperazine rings is 1. The van der Waals surface area contributed by atoms with Crippen molar-refractivity contribution in [2.24, 2.45) is 11.7 Å². The van der Waals surface area contributed by atoms with Crippen LogP contribution in [-0.2, 0) is 0 Å². The third-order valence-electron chi connectivity index (χ3n) is 4.35. The molecule has 2 N–H and O–H groups in total. The molecule has 0 aromatic rings. The molecule has 2 rings (SSSR count). The van der Waals surface area contributed by atoms with Crippen LogP contribution in [0, 0.1) is 5.92 Å². The van der Waals surface area contributed by atoms with E-state index in [0.29, 0.717) is 0 Å². The van der Waals surface area contributed by atoms with Gasteiger partial charge in [-0.05, 0) is 38.8 Å². The quantitative estimate of drug-likeness (QED) is 0.748. The highest BCUT2D eigenvalue weighted by atomic mass is 15.3. The lowest BCUT2D eigenvalue weighted by Crippen LogP contribution is -2.59. The fraction of sp³-hybridized carbons (Fsp3) is 1.00. The molecule has 2 aliphatic rings. The molecule has 0 spiro atoms. The van der Waals surface area contributed by atoms with Crippen molar-refractivity contribution in [1.82, 2.24) is 9.80 Å². The van der Waals surface area contributed by atoms with Crippen LogP contribution in [0.2, 0.25) is 0 Å². The van der Waals surface area contributed by atoms with E-state index in [4.69, 9.17) is 5.73 Å². The molecule has 15 heavy (non-hydrogen) atoms. The summed E-state index contributed by atoms with van der Waals surface area (Å²) in [6.07, 6.45) is 2.73. The predicted octanol–water partition coefficient (Wildman–Crippen LogP) is 0.750. The zero-order valence-corrected chi connectivity index (χ0v) is 10.2. The van der Waals surface area contributed by atoms with Crippen LogP contribution in [0.25, 0.3) is 0 Å². The molecule has 1 saturated carbocycles. The van der Waals surface area contributed by atoms with Crippen molar-refractivity contribution < 1.29 is 0 Å². The molecule has 0 radical (unpaired) electrons. The summed E-state index contributed by atoms with van der Waals surface area (Å²) in [7, 11) is 0. The van der Waals surface area contributed by atoms with E-state index in [1.165, 1.54) is 39.0 Å². The van der Waals surface area contributed by atoms with Gasteiger partial charge in [0.2, 0.25) is 0 Å². The minimum absolute atomic E-state index is 0.725. The first-order chi connectivity index (χ1) is 7.26. The van der Waals surface area contributed by atoms with E-state index in [1.54, 1.807) is 0 Å². The monoisotopic (exact) mass is 211 g/mol. The number of nitrogens with zero attached hydrogens (tertiary/aromatic N) is 2. The second kappa shape index (κ2) is 4.81. The Hall–Kier alpha value is -0.120. The first-order valence-corrected chi connectivity index (χ1v) is 6.44. The third kappa shape index (κ3) is 2.19. The molecule has 0 aromatic carbocycles. The van der Waals surface area contributed by atoms with Crippen LogP contribution in [0.15, 0.2) is 0 Å². The van der Waals surface area contributed by atoms with Crippen molar-refractivity contribution in [3.63, 3.8) is 0 Å². The maximum atomic E-state index is 5.78. The van der Waals surface area contributed by atoms with Gasteiger partial charge in [0.1, 0.15) is 0 Å². The Kier molecular flexibility index (Phi) is 3.65. The summed E-state index contributed by atoms with van der Waals surface area (Å²) in [5.41, 5.74) is 5.78. The van der Waals surface area contributed by atoms with Crippen molar-refractivity contribution in [3.8, 4) is 0 Å². The molecule has 3 nitrogen and oxygen atoms in total. The van der Waals surface area contributed by atoms with Gasteiger partial charge < -0.3 is 5.73 Å². The maximum absolute atomic E-state index is 5.78. The molecule has 3 heteroatoms. The lowest BCUT2D eigenvalue weighted by atomic mass is 9.78. The molecule has 1 aliphatic heterocycles. The normalized spacial score (nSPS) is 39.0. The molecule has 1 saturated heterocycles. The van der Waals surface area contributed by atoms with Crippen LogP contribution in [0.1, 0.15) is 26.7 Å². The number of nitrogens with two attached hydrogens (primary N) is 1. The highest BCUT2D eigenvalue weighted by Crippen LogP contribution is 2.32. The van der Waals surface area contributed by atoms with Crippen molar-refractivity contribution in [3.05, 3.63) is 0 Å². The second-order valence-corrected chi connectivity index (χ2v) is 5.11. The molecule has 0 bridgehead atoms. The minimum atomic E-state index is 0.725. The minimum Gasteiger partial charge on any atom is -0.330 e. The smallest absolute Gasteiger partial charge is 0.0195 e. The summed E-state index contributed by atoms with van der Waals surface area (Å²) in [5.74, 6) is 0.783. The lowest BCUT2D eigenvalue weighted by Gasteiger charge is -2.49. The van der Waals surface area contributed by atoms with Crippen LogP contribution >= 0.6 is 0 Å². The third-order valence-corrected chi connectivity index (χ3v) is 4.35. The van der Waals surface area contributed by atoms with Crippen LogP contribution in [-0.4, -0.2) is 54.6 Å². The average molecular weight is 211 g/mol. The van der Waals surface area contributed by atoms with E-state index >= 15 is 0 Å². The Bertz CT molecular complexity index is 205. The molecule has 1 heterocycles. The van der Waals surface area contributed by atoms with Gasteiger partial charge >= 0.3 is 0 Å².